The van der Waals surface area contributed by atoms with Crippen LogP contribution in [-0.2, 0) is 19.8 Å². The van der Waals surface area contributed by atoms with E-state index in [1.54, 1.807) is 11.9 Å². The Hall–Kier alpha value is -2.95. The summed E-state index contributed by atoms with van der Waals surface area (Å²) in [5, 5.41) is 0. The van der Waals surface area contributed by atoms with Crippen molar-refractivity contribution >= 4 is 17.7 Å². The molecule has 5 heteroatoms. The van der Waals surface area contributed by atoms with Gasteiger partial charge in [-0.15, -0.1) is 0 Å². The van der Waals surface area contributed by atoms with Crippen LogP contribution in [-0.4, -0.2) is 47.2 Å². The molecule has 3 amide bonds. The first-order chi connectivity index (χ1) is 14.8. The van der Waals surface area contributed by atoms with Crippen LogP contribution in [0.1, 0.15) is 45.1 Å². The Morgan fingerprint density at radius 1 is 1.03 bits per heavy atom. The third-order valence-corrected chi connectivity index (χ3v) is 6.32. The normalized spacial score (nSPS) is 21.1. The SMILES string of the molecule is CC(C)CN(C)C(=O)CC1(c2ccc(-c3ccccc3)cc2)CC(=O)N(C2CC2)C1=O. The highest BCUT2D eigenvalue weighted by atomic mass is 16.2. The van der Waals surface area contributed by atoms with Gasteiger partial charge in [-0.25, -0.2) is 0 Å². The van der Waals surface area contributed by atoms with Crippen molar-refractivity contribution in [3.05, 3.63) is 60.2 Å². The quantitative estimate of drug-likeness (QED) is 0.638. The van der Waals surface area contributed by atoms with E-state index in [2.05, 4.69) is 13.8 Å². The summed E-state index contributed by atoms with van der Waals surface area (Å²) in [7, 11) is 1.77. The van der Waals surface area contributed by atoms with Gasteiger partial charge in [0, 0.05) is 32.5 Å². The predicted octanol–water partition coefficient (Wildman–Crippen LogP) is 4.02. The van der Waals surface area contributed by atoms with Crippen LogP contribution in [0.4, 0.5) is 0 Å². The number of rotatable bonds is 7. The van der Waals surface area contributed by atoms with Gasteiger partial charge in [-0.2, -0.15) is 0 Å². The molecule has 2 aromatic rings. The molecule has 2 fully saturated rings. The Balaban J connectivity index is 1.68. The maximum Gasteiger partial charge on any atom is 0.241 e. The molecule has 2 aliphatic rings. The number of nitrogens with zero attached hydrogens (tertiary/aromatic N) is 2. The summed E-state index contributed by atoms with van der Waals surface area (Å²) in [6, 6.07) is 17.8. The van der Waals surface area contributed by atoms with E-state index in [1.807, 2.05) is 54.6 Å². The molecule has 1 aliphatic carbocycles. The fourth-order valence-corrected chi connectivity index (χ4v) is 4.59. The van der Waals surface area contributed by atoms with Crippen LogP contribution in [0.5, 0.6) is 0 Å². The molecule has 1 saturated carbocycles. The van der Waals surface area contributed by atoms with Gasteiger partial charge in [0.05, 0.1) is 5.41 Å². The topological polar surface area (TPSA) is 57.7 Å². The summed E-state index contributed by atoms with van der Waals surface area (Å²) in [6.45, 7) is 4.73. The minimum atomic E-state index is -1.11. The fraction of sp³-hybridized carbons (Fsp3) is 0.423. The number of imide groups is 1. The molecule has 4 rings (SSSR count). The highest BCUT2D eigenvalue weighted by Crippen LogP contribution is 2.44. The molecule has 1 saturated heterocycles. The molecular formula is C26H30N2O3. The van der Waals surface area contributed by atoms with Crippen LogP contribution in [0, 0.1) is 5.92 Å². The first-order valence-corrected chi connectivity index (χ1v) is 11.1. The monoisotopic (exact) mass is 418 g/mol. The number of hydrogen-bond donors (Lipinski definition) is 0. The van der Waals surface area contributed by atoms with E-state index >= 15 is 0 Å². The Labute approximate surface area is 184 Å². The molecule has 1 unspecified atom stereocenters. The van der Waals surface area contributed by atoms with Gasteiger partial charge in [-0.3, -0.25) is 19.3 Å². The molecule has 0 aromatic heterocycles. The highest BCUT2D eigenvalue weighted by Gasteiger charge is 2.57. The Kier molecular flexibility index (Phi) is 5.69. The second-order valence-corrected chi connectivity index (χ2v) is 9.35. The van der Waals surface area contributed by atoms with Gasteiger partial charge in [0.15, 0.2) is 0 Å². The minimum absolute atomic E-state index is 0.00830. The van der Waals surface area contributed by atoms with Crippen LogP contribution in [0.2, 0.25) is 0 Å². The molecule has 5 nitrogen and oxygen atoms in total. The smallest absolute Gasteiger partial charge is 0.241 e. The number of hydrogen-bond acceptors (Lipinski definition) is 3. The lowest BCUT2D eigenvalue weighted by Crippen LogP contribution is -2.43. The van der Waals surface area contributed by atoms with Crippen molar-refractivity contribution in [2.45, 2.75) is 51.0 Å². The summed E-state index contributed by atoms with van der Waals surface area (Å²) in [4.78, 5) is 42.6. The van der Waals surface area contributed by atoms with E-state index in [0.29, 0.717) is 12.5 Å². The van der Waals surface area contributed by atoms with Gasteiger partial charge in [0.25, 0.3) is 0 Å². The third-order valence-electron chi connectivity index (χ3n) is 6.32. The second kappa shape index (κ2) is 8.29. The van der Waals surface area contributed by atoms with Crippen molar-refractivity contribution in [1.29, 1.82) is 0 Å². The molecular weight excluding hydrogens is 388 g/mol. The molecule has 0 radical (unpaired) electrons. The van der Waals surface area contributed by atoms with Gasteiger partial charge in [-0.1, -0.05) is 68.4 Å². The van der Waals surface area contributed by atoms with Gasteiger partial charge < -0.3 is 4.90 Å². The molecule has 0 bridgehead atoms. The van der Waals surface area contributed by atoms with Crippen LogP contribution >= 0.6 is 0 Å². The van der Waals surface area contributed by atoms with Gasteiger partial charge in [0.2, 0.25) is 17.7 Å². The largest absolute Gasteiger partial charge is 0.345 e. The number of benzene rings is 2. The number of carbonyl (C=O) groups excluding carboxylic acids is 3. The van der Waals surface area contributed by atoms with Gasteiger partial charge >= 0.3 is 0 Å². The number of likely N-dealkylation sites (tertiary alicyclic amines) is 1. The van der Waals surface area contributed by atoms with Crippen molar-refractivity contribution in [3.8, 4) is 11.1 Å². The summed E-state index contributed by atoms with van der Waals surface area (Å²) in [5.41, 5.74) is 1.76. The molecule has 0 N–H and O–H groups in total. The highest BCUT2D eigenvalue weighted by molar-refractivity contribution is 6.11. The van der Waals surface area contributed by atoms with Crippen molar-refractivity contribution in [3.63, 3.8) is 0 Å². The van der Waals surface area contributed by atoms with Crippen molar-refractivity contribution < 1.29 is 14.4 Å². The molecule has 1 atom stereocenters. The van der Waals surface area contributed by atoms with Crippen LogP contribution in [0.3, 0.4) is 0 Å². The zero-order chi connectivity index (χ0) is 22.2. The number of carbonyl (C=O) groups is 3. The molecule has 2 aromatic carbocycles. The molecule has 162 valence electrons. The van der Waals surface area contributed by atoms with E-state index in [-0.39, 0.29) is 36.6 Å². The van der Waals surface area contributed by atoms with Gasteiger partial charge in [-0.05, 0) is 35.4 Å². The summed E-state index contributed by atoms with van der Waals surface area (Å²) in [6.07, 6.45) is 1.81. The summed E-state index contributed by atoms with van der Waals surface area (Å²) < 4.78 is 0. The van der Waals surface area contributed by atoms with Gasteiger partial charge in [0.1, 0.15) is 0 Å². The summed E-state index contributed by atoms with van der Waals surface area (Å²) >= 11 is 0. The first-order valence-electron chi connectivity index (χ1n) is 11.1. The molecule has 0 spiro atoms. The Morgan fingerprint density at radius 2 is 1.65 bits per heavy atom. The average molecular weight is 419 g/mol. The van der Waals surface area contributed by atoms with Crippen molar-refractivity contribution in [2.24, 2.45) is 5.92 Å². The average Bonchev–Trinajstić information content (AvgIpc) is 3.54. The lowest BCUT2D eigenvalue weighted by molar-refractivity contribution is -0.143. The van der Waals surface area contributed by atoms with Crippen LogP contribution < -0.4 is 0 Å². The number of amides is 3. The second-order valence-electron chi connectivity index (χ2n) is 9.35. The zero-order valence-electron chi connectivity index (χ0n) is 18.5. The standard InChI is InChI=1S/C26H30N2O3/c1-18(2)17-27(3)23(29)15-26(16-24(30)28(25(26)31)22-13-14-22)21-11-9-20(10-12-21)19-7-5-4-6-8-19/h4-12,18,22H,13-17H2,1-3H3. The Bertz CT molecular complexity index is 979. The predicted molar refractivity (Wildman–Crippen MR) is 120 cm³/mol. The summed E-state index contributed by atoms with van der Waals surface area (Å²) in [5.74, 6) is -0.128. The first kappa shape index (κ1) is 21.3. The lowest BCUT2D eigenvalue weighted by atomic mass is 9.75. The fourth-order valence-electron chi connectivity index (χ4n) is 4.59. The molecule has 1 aliphatic heterocycles. The Morgan fingerprint density at radius 3 is 2.23 bits per heavy atom. The van der Waals surface area contributed by atoms with Crippen LogP contribution in [0.25, 0.3) is 11.1 Å². The van der Waals surface area contributed by atoms with E-state index in [1.165, 1.54) is 4.90 Å². The van der Waals surface area contributed by atoms with Crippen molar-refractivity contribution in [2.75, 3.05) is 13.6 Å². The maximum absolute atomic E-state index is 13.6. The minimum Gasteiger partial charge on any atom is -0.345 e. The van der Waals surface area contributed by atoms with E-state index in [0.717, 1.165) is 29.5 Å². The van der Waals surface area contributed by atoms with E-state index in [9.17, 15) is 14.4 Å². The van der Waals surface area contributed by atoms with Crippen LogP contribution in [0.15, 0.2) is 54.6 Å². The van der Waals surface area contributed by atoms with E-state index < -0.39 is 5.41 Å². The molecule has 1 heterocycles. The van der Waals surface area contributed by atoms with E-state index in [4.69, 9.17) is 0 Å². The lowest BCUT2D eigenvalue weighted by Gasteiger charge is -2.30. The third kappa shape index (κ3) is 4.14. The van der Waals surface area contributed by atoms with Crippen molar-refractivity contribution in [1.82, 2.24) is 9.80 Å². The maximum atomic E-state index is 13.6. The zero-order valence-corrected chi connectivity index (χ0v) is 18.5. The molecule has 31 heavy (non-hydrogen) atoms.